The van der Waals surface area contributed by atoms with Crippen LogP contribution in [-0.4, -0.2) is 25.4 Å². The maximum atomic E-state index is 12.2. The molecule has 0 saturated heterocycles. The summed E-state index contributed by atoms with van der Waals surface area (Å²) in [6, 6.07) is 5.03. The van der Waals surface area contributed by atoms with Gasteiger partial charge in [0.2, 0.25) is 10.0 Å². The molecular formula is C11H15N3O4S. The third-order valence-corrected chi connectivity index (χ3v) is 4.71. The Bertz CT molecular complexity index is 587. The SMILES string of the molecule is N[C@@H]1CC[C@H](NS(=O)(=O)c2ccccc2[N+](=O)[O-])C1. The lowest BCUT2D eigenvalue weighted by molar-refractivity contribution is -0.387. The van der Waals surface area contributed by atoms with Gasteiger partial charge in [-0.1, -0.05) is 12.1 Å². The van der Waals surface area contributed by atoms with E-state index < -0.39 is 20.6 Å². The highest BCUT2D eigenvalue weighted by atomic mass is 32.2. The van der Waals surface area contributed by atoms with Gasteiger partial charge in [-0.3, -0.25) is 10.1 Å². The van der Waals surface area contributed by atoms with Gasteiger partial charge in [0.25, 0.3) is 5.69 Å². The fourth-order valence-electron chi connectivity index (χ4n) is 2.24. The summed E-state index contributed by atoms with van der Waals surface area (Å²) in [7, 11) is -3.89. The molecule has 2 rings (SSSR count). The fraction of sp³-hybridized carbons (Fsp3) is 0.455. The Kier molecular flexibility index (Phi) is 3.83. The summed E-state index contributed by atoms with van der Waals surface area (Å²) in [6.45, 7) is 0. The van der Waals surface area contributed by atoms with Crippen molar-refractivity contribution in [2.24, 2.45) is 5.73 Å². The fourth-order valence-corrected chi connectivity index (χ4v) is 3.70. The molecule has 0 heterocycles. The van der Waals surface area contributed by atoms with Crippen molar-refractivity contribution in [3.63, 3.8) is 0 Å². The van der Waals surface area contributed by atoms with Crippen LogP contribution in [0.25, 0.3) is 0 Å². The lowest BCUT2D eigenvalue weighted by atomic mass is 10.2. The lowest BCUT2D eigenvalue weighted by Gasteiger charge is -2.12. The summed E-state index contributed by atoms with van der Waals surface area (Å²) in [5.74, 6) is 0. The number of hydrogen-bond donors (Lipinski definition) is 2. The van der Waals surface area contributed by atoms with E-state index in [1.165, 1.54) is 24.3 Å². The zero-order valence-corrected chi connectivity index (χ0v) is 11.0. The molecule has 0 radical (unpaired) electrons. The summed E-state index contributed by atoms with van der Waals surface area (Å²) in [4.78, 5) is 9.85. The highest BCUT2D eigenvalue weighted by molar-refractivity contribution is 7.89. The first-order chi connectivity index (χ1) is 8.90. The van der Waals surface area contributed by atoms with Gasteiger partial charge in [-0.15, -0.1) is 0 Å². The van der Waals surface area contributed by atoms with Crippen molar-refractivity contribution >= 4 is 15.7 Å². The standard InChI is InChI=1S/C11H15N3O4S/c12-8-5-6-9(7-8)13-19(17,18)11-4-2-1-3-10(11)14(15)16/h1-4,8-9,13H,5-7,12H2/t8-,9+/m1/s1. The highest BCUT2D eigenvalue weighted by Gasteiger charge is 2.30. The molecule has 0 spiro atoms. The van der Waals surface area contributed by atoms with Crippen molar-refractivity contribution in [2.45, 2.75) is 36.2 Å². The average molecular weight is 285 g/mol. The number of nitro benzene ring substituents is 1. The molecule has 1 aromatic carbocycles. The van der Waals surface area contributed by atoms with Crippen molar-refractivity contribution in [2.75, 3.05) is 0 Å². The molecule has 1 aliphatic carbocycles. The van der Waals surface area contributed by atoms with Gasteiger partial charge in [-0.05, 0) is 25.3 Å². The molecule has 104 valence electrons. The molecule has 1 fully saturated rings. The molecule has 7 nitrogen and oxygen atoms in total. The van der Waals surface area contributed by atoms with E-state index in [2.05, 4.69) is 4.72 Å². The Morgan fingerprint density at radius 1 is 1.32 bits per heavy atom. The van der Waals surface area contributed by atoms with E-state index >= 15 is 0 Å². The van der Waals surface area contributed by atoms with Gasteiger partial charge < -0.3 is 5.73 Å². The minimum Gasteiger partial charge on any atom is -0.328 e. The van der Waals surface area contributed by atoms with Crippen molar-refractivity contribution in [1.82, 2.24) is 4.72 Å². The number of para-hydroxylation sites is 1. The first kappa shape index (κ1) is 13.9. The Labute approximate surface area is 111 Å². The molecule has 19 heavy (non-hydrogen) atoms. The maximum Gasteiger partial charge on any atom is 0.289 e. The molecule has 0 aromatic heterocycles. The summed E-state index contributed by atoms with van der Waals surface area (Å²) in [6.07, 6.45) is 1.96. The predicted molar refractivity (Wildman–Crippen MR) is 69.0 cm³/mol. The molecule has 0 bridgehead atoms. The van der Waals surface area contributed by atoms with E-state index in [-0.39, 0.29) is 17.0 Å². The Balaban J connectivity index is 2.27. The molecular weight excluding hydrogens is 270 g/mol. The van der Waals surface area contributed by atoms with Crippen molar-refractivity contribution < 1.29 is 13.3 Å². The number of nitrogens with one attached hydrogen (secondary N) is 1. The summed E-state index contributed by atoms with van der Waals surface area (Å²) in [5, 5.41) is 10.9. The van der Waals surface area contributed by atoms with Gasteiger partial charge in [0.15, 0.2) is 4.90 Å². The largest absolute Gasteiger partial charge is 0.328 e. The van der Waals surface area contributed by atoms with Crippen LogP contribution >= 0.6 is 0 Å². The Morgan fingerprint density at radius 2 is 2.00 bits per heavy atom. The smallest absolute Gasteiger partial charge is 0.289 e. The third-order valence-electron chi connectivity index (χ3n) is 3.15. The van der Waals surface area contributed by atoms with Crippen LogP contribution in [0.3, 0.4) is 0 Å². The molecule has 0 aliphatic heterocycles. The van der Waals surface area contributed by atoms with Crippen LogP contribution in [0.5, 0.6) is 0 Å². The maximum absolute atomic E-state index is 12.2. The molecule has 1 aliphatic rings. The first-order valence-electron chi connectivity index (χ1n) is 5.91. The first-order valence-corrected chi connectivity index (χ1v) is 7.40. The summed E-state index contributed by atoms with van der Waals surface area (Å²) < 4.78 is 26.8. The van der Waals surface area contributed by atoms with E-state index in [0.29, 0.717) is 12.8 Å². The van der Waals surface area contributed by atoms with E-state index in [4.69, 9.17) is 5.73 Å². The normalized spacial score (nSPS) is 23.4. The summed E-state index contributed by atoms with van der Waals surface area (Å²) >= 11 is 0. The molecule has 0 unspecified atom stereocenters. The second-order valence-electron chi connectivity index (χ2n) is 4.62. The topological polar surface area (TPSA) is 115 Å². The Hall–Kier alpha value is -1.51. The molecule has 1 aromatic rings. The molecule has 2 atom stereocenters. The second-order valence-corrected chi connectivity index (χ2v) is 6.30. The van der Waals surface area contributed by atoms with Gasteiger partial charge >= 0.3 is 0 Å². The molecule has 3 N–H and O–H groups in total. The average Bonchev–Trinajstić information content (AvgIpc) is 2.74. The zero-order chi connectivity index (χ0) is 14.0. The molecule has 8 heteroatoms. The van der Waals surface area contributed by atoms with Crippen molar-refractivity contribution in [3.8, 4) is 0 Å². The molecule has 1 saturated carbocycles. The second kappa shape index (κ2) is 5.24. The number of hydrogen-bond acceptors (Lipinski definition) is 5. The van der Waals surface area contributed by atoms with E-state index in [0.717, 1.165) is 6.42 Å². The van der Waals surface area contributed by atoms with Crippen LogP contribution in [0, 0.1) is 10.1 Å². The van der Waals surface area contributed by atoms with Crippen LogP contribution in [0.1, 0.15) is 19.3 Å². The predicted octanol–water partition coefficient (Wildman–Crippen LogP) is 0.753. The van der Waals surface area contributed by atoms with E-state index in [1.54, 1.807) is 0 Å². The number of benzene rings is 1. The minimum atomic E-state index is -3.89. The van der Waals surface area contributed by atoms with Crippen LogP contribution in [0.15, 0.2) is 29.2 Å². The number of sulfonamides is 1. The van der Waals surface area contributed by atoms with E-state index in [1.807, 2.05) is 0 Å². The van der Waals surface area contributed by atoms with Crippen LogP contribution < -0.4 is 10.5 Å². The van der Waals surface area contributed by atoms with Gasteiger partial charge in [-0.2, -0.15) is 0 Å². The monoisotopic (exact) mass is 285 g/mol. The van der Waals surface area contributed by atoms with Crippen molar-refractivity contribution in [3.05, 3.63) is 34.4 Å². The highest BCUT2D eigenvalue weighted by Crippen LogP contribution is 2.25. The summed E-state index contributed by atoms with van der Waals surface area (Å²) in [5.41, 5.74) is 5.30. The minimum absolute atomic E-state index is 0.0153. The number of nitro groups is 1. The third kappa shape index (κ3) is 3.09. The number of nitrogens with zero attached hydrogens (tertiary/aromatic N) is 1. The van der Waals surface area contributed by atoms with Gasteiger partial charge in [-0.25, -0.2) is 13.1 Å². The van der Waals surface area contributed by atoms with Crippen LogP contribution in [0.2, 0.25) is 0 Å². The molecule has 0 amide bonds. The van der Waals surface area contributed by atoms with Crippen LogP contribution in [0.4, 0.5) is 5.69 Å². The number of nitrogens with two attached hydrogens (primary N) is 1. The Morgan fingerprint density at radius 3 is 2.58 bits per heavy atom. The van der Waals surface area contributed by atoms with E-state index in [9.17, 15) is 18.5 Å². The van der Waals surface area contributed by atoms with Gasteiger partial charge in [0.05, 0.1) is 4.92 Å². The van der Waals surface area contributed by atoms with Crippen molar-refractivity contribution in [1.29, 1.82) is 0 Å². The van der Waals surface area contributed by atoms with Gasteiger partial charge in [0.1, 0.15) is 0 Å². The lowest BCUT2D eigenvalue weighted by Crippen LogP contribution is -2.34. The zero-order valence-electron chi connectivity index (χ0n) is 10.2. The van der Waals surface area contributed by atoms with Crippen LogP contribution in [-0.2, 0) is 10.0 Å². The van der Waals surface area contributed by atoms with Gasteiger partial charge in [0, 0.05) is 18.2 Å². The quantitative estimate of drug-likeness (QED) is 0.625. The number of rotatable bonds is 4.